The first kappa shape index (κ1) is 11.4. The van der Waals surface area contributed by atoms with Gasteiger partial charge in [-0.3, -0.25) is 0 Å². The van der Waals surface area contributed by atoms with E-state index in [9.17, 15) is 13.2 Å². The van der Waals surface area contributed by atoms with Gasteiger partial charge in [0, 0.05) is 0 Å². The fourth-order valence-corrected chi connectivity index (χ4v) is 1.20. The van der Waals surface area contributed by atoms with Crippen molar-refractivity contribution in [1.82, 2.24) is 10.1 Å². The average molecular weight is 243 g/mol. The third-order valence-corrected chi connectivity index (χ3v) is 1.81. The van der Waals surface area contributed by atoms with Crippen LogP contribution in [0.4, 0.5) is 13.2 Å². The first-order chi connectivity index (χ1) is 7.96. The van der Waals surface area contributed by atoms with Crippen molar-refractivity contribution in [1.29, 1.82) is 0 Å². The number of benzene rings is 1. The highest BCUT2D eigenvalue weighted by Crippen LogP contribution is 2.32. The lowest BCUT2D eigenvalue weighted by molar-refractivity contribution is -0.274. The predicted molar refractivity (Wildman–Crippen MR) is 50.0 cm³/mol. The summed E-state index contributed by atoms with van der Waals surface area (Å²) in [7, 11) is 0. The van der Waals surface area contributed by atoms with Crippen molar-refractivity contribution >= 4 is 0 Å². The van der Waals surface area contributed by atoms with Crippen LogP contribution in [0.25, 0.3) is 11.5 Å². The Balaban J connectivity index is 2.41. The molecule has 0 spiro atoms. The van der Waals surface area contributed by atoms with Crippen molar-refractivity contribution in [2.45, 2.75) is 13.3 Å². The molecule has 0 aliphatic heterocycles. The van der Waals surface area contributed by atoms with Crippen LogP contribution < -0.4 is 4.74 Å². The number of hydrogen-bond acceptors (Lipinski definition) is 4. The van der Waals surface area contributed by atoms with Crippen LogP contribution >= 0.6 is 0 Å². The molecule has 1 radical (unpaired) electrons. The number of aromatic nitrogens is 2. The van der Waals surface area contributed by atoms with Gasteiger partial charge in [0.2, 0.25) is 0 Å². The van der Waals surface area contributed by atoms with E-state index in [0.29, 0.717) is 5.82 Å². The smallest absolute Gasteiger partial charge is 0.405 e. The molecule has 0 unspecified atom stereocenters. The average Bonchev–Trinajstić information content (AvgIpc) is 2.63. The number of halogens is 3. The lowest BCUT2D eigenvalue weighted by atomic mass is 10.2. The number of ether oxygens (including phenoxy) is 1. The van der Waals surface area contributed by atoms with Crippen LogP contribution in [0.3, 0.4) is 0 Å². The summed E-state index contributed by atoms with van der Waals surface area (Å²) in [6.07, 6.45) is -4.77. The second-order valence-electron chi connectivity index (χ2n) is 3.12. The number of rotatable bonds is 2. The Bertz CT molecular complexity index is 522. The molecule has 17 heavy (non-hydrogen) atoms. The Morgan fingerprint density at radius 1 is 1.41 bits per heavy atom. The molecular formula is C10H6F3N2O2. The van der Waals surface area contributed by atoms with Gasteiger partial charge < -0.3 is 9.26 Å². The summed E-state index contributed by atoms with van der Waals surface area (Å²) in [4.78, 5) is 3.83. The fraction of sp³-hybridized carbons (Fsp3) is 0.200. The molecule has 0 bridgehead atoms. The van der Waals surface area contributed by atoms with Gasteiger partial charge in [0.05, 0.1) is 5.56 Å². The van der Waals surface area contributed by atoms with Gasteiger partial charge in [0.25, 0.3) is 5.89 Å². The summed E-state index contributed by atoms with van der Waals surface area (Å²) in [6.45, 7) is 1.56. The lowest BCUT2D eigenvalue weighted by Gasteiger charge is -2.10. The van der Waals surface area contributed by atoms with E-state index in [4.69, 9.17) is 4.52 Å². The van der Waals surface area contributed by atoms with Crippen molar-refractivity contribution in [3.8, 4) is 17.2 Å². The maximum Gasteiger partial charge on any atom is 0.573 e. The Kier molecular flexibility index (Phi) is 2.74. The molecular weight excluding hydrogens is 237 g/mol. The predicted octanol–water partition coefficient (Wildman–Crippen LogP) is 2.74. The summed E-state index contributed by atoms with van der Waals surface area (Å²) in [5, 5.41) is 3.49. The minimum atomic E-state index is -4.77. The molecule has 1 aromatic carbocycles. The maximum absolute atomic E-state index is 12.1. The summed E-state index contributed by atoms with van der Waals surface area (Å²) in [5.74, 6) is -0.125. The number of alkyl halides is 3. The van der Waals surface area contributed by atoms with Crippen LogP contribution in [0.1, 0.15) is 5.82 Å². The first-order valence-electron chi connectivity index (χ1n) is 4.52. The lowest BCUT2D eigenvalue weighted by Crippen LogP contribution is -2.17. The molecule has 0 saturated carbocycles. The van der Waals surface area contributed by atoms with Gasteiger partial charge in [0.1, 0.15) is 5.75 Å². The highest BCUT2D eigenvalue weighted by Gasteiger charge is 2.32. The zero-order chi connectivity index (χ0) is 12.5. The normalized spacial score (nSPS) is 11.5. The number of aryl methyl sites for hydroxylation is 1. The second-order valence-corrected chi connectivity index (χ2v) is 3.12. The van der Waals surface area contributed by atoms with E-state index in [0.717, 1.165) is 6.07 Å². The van der Waals surface area contributed by atoms with Gasteiger partial charge in [-0.05, 0) is 25.1 Å². The minimum Gasteiger partial charge on any atom is -0.405 e. The summed E-state index contributed by atoms with van der Waals surface area (Å²) < 4.78 is 45.1. The van der Waals surface area contributed by atoms with E-state index >= 15 is 0 Å². The highest BCUT2D eigenvalue weighted by molar-refractivity contribution is 5.62. The molecule has 89 valence electrons. The summed E-state index contributed by atoms with van der Waals surface area (Å²) >= 11 is 0. The van der Waals surface area contributed by atoms with Gasteiger partial charge >= 0.3 is 6.36 Å². The van der Waals surface area contributed by atoms with Crippen molar-refractivity contribution < 1.29 is 22.4 Å². The van der Waals surface area contributed by atoms with E-state index in [1.54, 1.807) is 6.92 Å². The molecule has 0 saturated heterocycles. The molecule has 2 aromatic rings. The molecule has 0 aliphatic rings. The van der Waals surface area contributed by atoms with E-state index in [1.165, 1.54) is 12.1 Å². The van der Waals surface area contributed by atoms with Crippen LogP contribution in [0.5, 0.6) is 5.75 Å². The Hall–Kier alpha value is -2.05. The summed E-state index contributed by atoms with van der Waals surface area (Å²) in [5.41, 5.74) is 0.0467. The molecule has 0 fully saturated rings. The number of hydrogen-bond donors (Lipinski definition) is 0. The van der Waals surface area contributed by atoms with Crippen molar-refractivity contribution in [3.63, 3.8) is 0 Å². The van der Waals surface area contributed by atoms with Crippen LogP contribution in [0.15, 0.2) is 22.7 Å². The van der Waals surface area contributed by atoms with E-state index in [-0.39, 0.29) is 11.5 Å². The molecule has 0 amide bonds. The molecule has 2 rings (SSSR count). The molecule has 0 aliphatic carbocycles. The van der Waals surface area contributed by atoms with Crippen LogP contribution in [0.2, 0.25) is 0 Å². The monoisotopic (exact) mass is 243 g/mol. The van der Waals surface area contributed by atoms with Crippen LogP contribution in [0, 0.1) is 13.0 Å². The highest BCUT2D eigenvalue weighted by atomic mass is 19.4. The molecule has 0 N–H and O–H groups in total. The largest absolute Gasteiger partial charge is 0.573 e. The van der Waals surface area contributed by atoms with Crippen molar-refractivity contribution in [3.05, 3.63) is 30.1 Å². The second kappa shape index (κ2) is 4.08. The third-order valence-electron chi connectivity index (χ3n) is 1.81. The van der Waals surface area contributed by atoms with E-state index in [1.807, 2.05) is 0 Å². The molecule has 0 atom stereocenters. The topological polar surface area (TPSA) is 48.2 Å². The van der Waals surface area contributed by atoms with Crippen molar-refractivity contribution in [2.24, 2.45) is 0 Å². The molecule has 7 heteroatoms. The van der Waals surface area contributed by atoms with Gasteiger partial charge in [-0.25, -0.2) is 0 Å². The summed E-state index contributed by atoms with van der Waals surface area (Å²) in [6, 6.07) is 6.33. The maximum atomic E-state index is 12.1. The van der Waals surface area contributed by atoms with Gasteiger partial charge in [-0.15, -0.1) is 13.2 Å². The Morgan fingerprint density at radius 2 is 2.18 bits per heavy atom. The molecule has 4 nitrogen and oxygen atoms in total. The third kappa shape index (κ3) is 2.74. The SMILES string of the molecule is Cc1noc(-c2c[c]ccc2OC(F)(F)F)n1. The fourth-order valence-electron chi connectivity index (χ4n) is 1.20. The van der Waals surface area contributed by atoms with Gasteiger partial charge in [-0.2, -0.15) is 4.98 Å². The quantitative estimate of drug-likeness (QED) is 0.813. The zero-order valence-electron chi connectivity index (χ0n) is 8.58. The minimum absolute atomic E-state index is 0.0430. The van der Waals surface area contributed by atoms with Crippen LogP contribution in [-0.2, 0) is 0 Å². The molecule has 1 aromatic heterocycles. The van der Waals surface area contributed by atoms with E-state index in [2.05, 4.69) is 20.9 Å². The Morgan fingerprint density at radius 3 is 2.76 bits per heavy atom. The van der Waals surface area contributed by atoms with Crippen LogP contribution in [-0.4, -0.2) is 16.5 Å². The van der Waals surface area contributed by atoms with Crippen molar-refractivity contribution in [2.75, 3.05) is 0 Å². The number of nitrogens with zero attached hydrogens (tertiary/aromatic N) is 2. The first-order valence-corrected chi connectivity index (χ1v) is 4.52. The van der Waals surface area contributed by atoms with Gasteiger partial charge in [0.15, 0.2) is 5.82 Å². The Labute approximate surface area is 94.0 Å². The van der Waals surface area contributed by atoms with E-state index < -0.39 is 12.1 Å². The standard InChI is InChI=1S/C10H6F3N2O2/c1-6-14-9(17-15-6)7-4-2-3-5-8(7)16-10(11,12)13/h3-5H,1H3. The zero-order valence-corrected chi connectivity index (χ0v) is 8.58. The van der Waals surface area contributed by atoms with Gasteiger partial charge in [-0.1, -0.05) is 11.2 Å². The molecule has 1 heterocycles.